The SMILES string of the molecule is C[C@H]1CC[C@H](N(CCOCC(F)(F)F)C(=O)Nc2ncc(SCC(=O)O)s2)CC1. The van der Waals surface area contributed by atoms with E-state index in [0.717, 1.165) is 48.8 Å². The van der Waals surface area contributed by atoms with Crippen LogP contribution in [-0.4, -0.2) is 64.7 Å². The number of nitrogens with one attached hydrogen (secondary N) is 1. The molecule has 0 saturated heterocycles. The Labute approximate surface area is 175 Å². The van der Waals surface area contributed by atoms with Crippen molar-refractivity contribution in [3.05, 3.63) is 6.20 Å². The standard InChI is InChI=1S/C17H24F3N3O4S2/c1-11-2-4-12(5-3-11)23(6-7-27-10-17(18,19)20)16(26)22-15-21-8-14(29-15)28-9-13(24)25/h8,11-12H,2-7,9-10H2,1H3,(H,24,25)(H,21,22,26)/t11-,12-. The maximum absolute atomic E-state index is 12.8. The molecule has 0 unspecified atom stereocenters. The number of hydrogen-bond donors (Lipinski definition) is 2. The van der Waals surface area contributed by atoms with Crippen molar-refractivity contribution in [2.24, 2.45) is 5.92 Å². The Morgan fingerprint density at radius 2 is 2.07 bits per heavy atom. The van der Waals surface area contributed by atoms with Crippen molar-refractivity contribution >= 4 is 40.2 Å². The third-order valence-electron chi connectivity index (χ3n) is 4.47. The molecular formula is C17H24F3N3O4S2. The lowest BCUT2D eigenvalue weighted by atomic mass is 9.86. The normalized spacial score (nSPS) is 19.7. The van der Waals surface area contributed by atoms with E-state index in [1.807, 2.05) is 0 Å². The zero-order valence-electron chi connectivity index (χ0n) is 15.9. The summed E-state index contributed by atoms with van der Waals surface area (Å²) in [5, 5.41) is 11.7. The molecule has 1 heterocycles. The molecule has 0 bridgehead atoms. The van der Waals surface area contributed by atoms with Crippen LogP contribution in [0.3, 0.4) is 0 Å². The number of hydrogen-bond acceptors (Lipinski definition) is 6. The van der Waals surface area contributed by atoms with Crippen molar-refractivity contribution in [1.29, 1.82) is 0 Å². The van der Waals surface area contributed by atoms with Gasteiger partial charge in [-0.25, -0.2) is 9.78 Å². The van der Waals surface area contributed by atoms with Crippen LogP contribution in [0.5, 0.6) is 0 Å². The molecule has 1 aromatic rings. The number of carbonyl (C=O) groups is 2. The summed E-state index contributed by atoms with van der Waals surface area (Å²) < 4.78 is 42.2. The summed E-state index contributed by atoms with van der Waals surface area (Å²) in [6.07, 6.45) is 0.540. The molecule has 0 atom stereocenters. The number of urea groups is 1. The molecule has 0 aliphatic heterocycles. The fraction of sp³-hybridized carbons (Fsp3) is 0.706. The Bertz CT molecular complexity index is 679. The molecule has 2 N–H and O–H groups in total. The summed E-state index contributed by atoms with van der Waals surface area (Å²) in [4.78, 5) is 29.0. The van der Waals surface area contributed by atoms with Crippen LogP contribution in [0.15, 0.2) is 10.4 Å². The van der Waals surface area contributed by atoms with Crippen LogP contribution in [0.4, 0.5) is 23.1 Å². The van der Waals surface area contributed by atoms with Gasteiger partial charge in [0.2, 0.25) is 0 Å². The van der Waals surface area contributed by atoms with Gasteiger partial charge in [-0.3, -0.25) is 10.1 Å². The van der Waals surface area contributed by atoms with Crippen LogP contribution < -0.4 is 5.32 Å². The van der Waals surface area contributed by atoms with Crippen LogP contribution in [-0.2, 0) is 9.53 Å². The smallest absolute Gasteiger partial charge is 0.411 e. The molecule has 164 valence electrons. The topological polar surface area (TPSA) is 91.8 Å². The van der Waals surface area contributed by atoms with Crippen LogP contribution in [0.25, 0.3) is 0 Å². The first-order chi connectivity index (χ1) is 13.6. The second-order valence-electron chi connectivity index (χ2n) is 6.87. The Morgan fingerprint density at radius 1 is 1.38 bits per heavy atom. The van der Waals surface area contributed by atoms with Gasteiger partial charge in [-0.1, -0.05) is 18.3 Å². The van der Waals surface area contributed by atoms with E-state index in [1.54, 1.807) is 0 Å². The van der Waals surface area contributed by atoms with Gasteiger partial charge in [-0.2, -0.15) is 13.2 Å². The van der Waals surface area contributed by atoms with Crippen molar-refractivity contribution in [2.45, 2.75) is 49.0 Å². The molecule has 2 amide bonds. The number of thiazole rings is 1. The van der Waals surface area contributed by atoms with E-state index < -0.39 is 24.8 Å². The summed E-state index contributed by atoms with van der Waals surface area (Å²) in [7, 11) is 0. The Balaban J connectivity index is 1.95. The van der Waals surface area contributed by atoms with E-state index in [9.17, 15) is 22.8 Å². The van der Waals surface area contributed by atoms with Crippen LogP contribution in [0.2, 0.25) is 0 Å². The highest BCUT2D eigenvalue weighted by atomic mass is 32.2. The van der Waals surface area contributed by atoms with Gasteiger partial charge in [0, 0.05) is 12.6 Å². The number of carboxylic acid groups (broad SMARTS) is 1. The highest BCUT2D eigenvalue weighted by Gasteiger charge is 2.30. The van der Waals surface area contributed by atoms with Crippen LogP contribution >= 0.6 is 23.1 Å². The average Bonchev–Trinajstić information content (AvgIpc) is 3.07. The summed E-state index contributed by atoms with van der Waals surface area (Å²) >= 11 is 2.25. The van der Waals surface area contributed by atoms with E-state index in [0.29, 0.717) is 15.3 Å². The first-order valence-electron chi connectivity index (χ1n) is 9.16. The van der Waals surface area contributed by atoms with Gasteiger partial charge in [0.25, 0.3) is 0 Å². The van der Waals surface area contributed by atoms with Crippen molar-refractivity contribution in [3.8, 4) is 0 Å². The molecule has 1 aromatic heterocycles. The van der Waals surface area contributed by atoms with Crippen molar-refractivity contribution < 1.29 is 32.6 Å². The van der Waals surface area contributed by atoms with Crippen molar-refractivity contribution in [1.82, 2.24) is 9.88 Å². The average molecular weight is 456 g/mol. The number of rotatable bonds is 9. The van der Waals surface area contributed by atoms with Crippen molar-refractivity contribution in [3.63, 3.8) is 0 Å². The summed E-state index contributed by atoms with van der Waals surface area (Å²) in [6.45, 7) is 0.628. The molecule has 0 aromatic carbocycles. The molecule has 12 heteroatoms. The second-order valence-corrected chi connectivity index (χ2v) is 9.18. The summed E-state index contributed by atoms with van der Waals surface area (Å²) in [6, 6.07) is -0.509. The quantitative estimate of drug-likeness (QED) is 0.426. The van der Waals surface area contributed by atoms with E-state index in [2.05, 4.69) is 22.0 Å². The molecule has 1 saturated carbocycles. The molecule has 1 aliphatic carbocycles. The minimum atomic E-state index is -4.40. The highest BCUT2D eigenvalue weighted by molar-refractivity contribution is 8.01. The molecule has 0 radical (unpaired) electrons. The Hall–Kier alpha value is -1.53. The van der Waals surface area contributed by atoms with E-state index >= 15 is 0 Å². The third-order valence-corrected chi connectivity index (χ3v) is 6.56. The lowest BCUT2D eigenvalue weighted by Gasteiger charge is -2.36. The predicted molar refractivity (Wildman–Crippen MR) is 104 cm³/mol. The zero-order chi connectivity index (χ0) is 21.4. The molecule has 2 rings (SSSR count). The van der Waals surface area contributed by atoms with Gasteiger partial charge >= 0.3 is 18.2 Å². The second kappa shape index (κ2) is 11.0. The zero-order valence-corrected chi connectivity index (χ0v) is 17.5. The van der Waals surface area contributed by atoms with E-state index in [4.69, 9.17) is 5.11 Å². The number of anilines is 1. The molecular weight excluding hydrogens is 431 g/mol. The van der Waals surface area contributed by atoms with E-state index in [1.165, 1.54) is 11.1 Å². The fourth-order valence-corrected chi connectivity index (χ4v) is 4.62. The lowest BCUT2D eigenvalue weighted by Crippen LogP contribution is -2.46. The van der Waals surface area contributed by atoms with Crippen LogP contribution in [0, 0.1) is 5.92 Å². The van der Waals surface area contributed by atoms with Crippen LogP contribution in [0.1, 0.15) is 32.6 Å². The van der Waals surface area contributed by atoms with Gasteiger partial charge in [0.05, 0.1) is 22.8 Å². The molecule has 1 fully saturated rings. The minimum absolute atomic E-state index is 0.0486. The van der Waals surface area contributed by atoms with Gasteiger partial charge in [-0.05, 0) is 31.6 Å². The monoisotopic (exact) mass is 455 g/mol. The van der Waals surface area contributed by atoms with Gasteiger partial charge in [-0.15, -0.1) is 11.8 Å². The number of carbonyl (C=O) groups excluding carboxylic acids is 1. The number of amides is 2. The third kappa shape index (κ3) is 8.79. The van der Waals surface area contributed by atoms with Crippen molar-refractivity contribution in [2.75, 3.05) is 30.8 Å². The number of ether oxygens (including phenoxy) is 1. The molecule has 1 aliphatic rings. The molecule has 29 heavy (non-hydrogen) atoms. The molecule has 0 spiro atoms. The number of alkyl halides is 3. The maximum Gasteiger partial charge on any atom is 0.411 e. The number of aliphatic carboxylic acids is 1. The van der Waals surface area contributed by atoms with E-state index in [-0.39, 0.29) is 24.9 Å². The first kappa shape index (κ1) is 23.7. The summed E-state index contributed by atoms with van der Waals surface area (Å²) in [5.74, 6) is -0.505. The first-order valence-corrected chi connectivity index (χ1v) is 11.0. The maximum atomic E-state index is 12.8. The fourth-order valence-electron chi connectivity index (χ4n) is 3.03. The number of carboxylic acids is 1. The number of nitrogens with zero attached hydrogens (tertiary/aromatic N) is 2. The predicted octanol–water partition coefficient (Wildman–Crippen LogP) is 4.31. The highest BCUT2D eigenvalue weighted by Crippen LogP contribution is 2.30. The Kier molecular flexibility index (Phi) is 9.03. The van der Waals surface area contributed by atoms with Gasteiger partial charge in [0.15, 0.2) is 5.13 Å². The number of thioether (sulfide) groups is 1. The largest absolute Gasteiger partial charge is 0.481 e. The minimum Gasteiger partial charge on any atom is -0.481 e. The summed E-state index contributed by atoms with van der Waals surface area (Å²) in [5.41, 5.74) is 0. The molecule has 7 nitrogen and oxygen atoms in total. The number of aromatic nitrogens is 1. The van der Waals surface area contributed by atoms with Gasteiger partial charge < -0.3 is 14.7 Å². The number of halogens is 3. The lowest BCUT2D eigenvalue weighted by molar-refractivity contribution is -0.174. The Morgan fingerprint density at radius 3 is 2.69 bits per heavy atom. The van der Waals surface area contributed by atoms with Gasteiger partial charge in [0.1, 0.15) is 6.61 Å².